The first-order chi connectivity index (χ1) is 14.8. The van der Waals surface area contributed by atoms with Gasteiger partial charge in [-0.15, -0.1) is 0 Å². The van der Waals surface area contributed by atoms with Crippen LogP contribution in [0.5, 0.6) is 0 Å². The number of aromatic nitrogens is 2. The highest BCUT2D eigenvalue weighted by Crippen LogP contribution is 2.30. The molecule has 1 N–H and O–H groups in total. The molecule has 148 valence electrons. The van der Waals surface area contributed by atoms with Gasteiger partial charge in [0.15, 0.2) is 0 Å². The van der Waals surface area contributed by atoms with Crippen LogP contribution < -0.4 is 0 Å². The summed E-state index contributed by atoms with van der Waals surface area (Å²) in [4.78, 5) is 23.6. The lowest BCUT2D eigenvalue weighted by Gasteiger charge is -2.26. The summed E-state index contributed by atoms with van der Waals surface area (Å²) in [6.07, 6.45) is 6.91. The highest BCUT2D eigenvalue weighted by Gasteiger charge is 2.20. The number of para-hydroxylation sites is 1. The molecule has 0 spiro atoms. The molecule has 30 heavy (non-hydrogen) atoms. The molecule has 0 fully saturated rings. The van der Waals surface area contributed by atoms with Gasteiger partial charge in [-0.3, -0.25) is 4.79 Å². The van der Waals surface area contributed by atoms with E-state index in [9.17, 15) is 4.79 Å². The van der Waals surface area contributed by atoms with E-state index in [2.05, 4.69) is 40.4 Å². The van der Waals surface area contributed by atoms with E-state index >= 15 is 0 Å². The summed E-state index contributed by atoms with van der Waals surface area (Å²) in [5.74, 6) is 0.0820. The molecule has 1 amide bonds. The number of amides is 1. The minimum absolute atomic E-state index is 0.0820. The molecule has 5 rings (SSSR count). The molecule has 0 radical (unpaired) electrons. The second kappa shape index (κ2) is 8.20. The molecule has 5 heteroatoms. The van der Waals surface area contributed by atoms with Crippen molar-refractivity contribution in [3.05, 3.63) is 96.3 Å². The number of nitrogens with zero attached hydrogens (tertiary/aromatic N) is 2. The van der Waals surface area contributed by atoms with E-state index in [0.29, 0.717) is 6.54 Å². The lowest BCUT2D eigenvalue weighted by molar-refractivity contribution is 0.0773. The normalized spacial score (nSPS) is 14.0. The van der Waals surface area contributed by atoms with Crippen molar-refractivity contribution in [1.82, 2.24) is 14.9 Å². The highest BCUT2D eigenvalue weighted by molar-refractivity contribution is 7.99. The summed E-state index contributed by atoms with van der Waals surface area (Å²) in [7, 11) is 0. The summed E-state index contributed by atoms with van der Waals surface area (Å²) in [6, 6.07) is 22.0. The van der Waals surface area contributed by atoms with Gasteiger partial charge in [0, 0.05) is 52.4 Å². The fraction of sp³-hybridized carbons (Fsp3) is 0.120. The van der Waals surface area contributed by atoms with Crippen LogP contribution in [-0.4, -0.2) is 33.9 Å². The number of carbonyl (C=O) groups is 1. The molecule has 1 aliphatic heterocycles. The Morgan fingerprint density at radius 2 is 1.83 bits per heavy atom. The van der Waals surface area contributed by atoms with Gasteiger partial charge in [-0.1, -0.05) is 42.1 Å². The summed E-state index contributed by atoms with van der Waals surface area (Å²) < 4.78 is 0. The summed E-state index contributed by atoms with van der Waals surface area (Å²) in [6.45, 7) is 1.37. The zero-order chi connectivity index (χ0) is 20.3. The number of fused-ring (bicyclic) bond motifs is 1. The number of H-pyrrole nitrogens is 1. The Labute approximate surface area is 179 Å². The number of benzene rings is 2. The molecule has 0 unspecified atom stereocenters. The van der Waals surface area contributed by atoms with Gasteiger partial charge < -0.3 is 9.88 Å². The minimum atomic E-state index is 0.0820. The number of hydrogen-bond donors (Lipinski definition) is 1. The van der Waals surface area contributed by atoms with Crippen LogP contribution in [0.25, 0.3) is 16.5 Å². The van der Waals surface area contributed by atoms with Gasteiger partial charge in [0.2, 0.25) is 0 Å². The number of hydrogen-bond acceptors (Lipinski definition) is 3. The van der Waals surface area contributed by atoms with Gasteiger partial charge in [0.25, 0.3) is 5.91 Å². The Hall–Kier alpha value is -3.31. The van der Waals surface area contributed by atoms with Crippen molar-refractivity contribution in [2.45, 2.75) is 16.3 Å². The average Bonchev–Trinajstić information content (AvgIpc) is 3.24. The maximum atomic E-state index is 12.9. The van der Waals surface area contributed by atoms with Crippen molar-refractivity contribution in [2.75, 3.05) is 13.1 Å². The lowest BCUT2D eigenvalue weighted by Crippen LogP contribution is -2.34. The largest absolute Gasteiger partial charge is 0.361 e. The number of nitrogens with one attached hydrogen (secondary N) is 1. The van der Waals surface area contributed by atoms with Crippen LogP contribution in [0.3, 0.4) is 0 Å². The molecule has 2 aromatic heterocycles. The molecular weight excluding hydrogens is 390 g/mol. The van der Waals surface area contributed by atoms with Gasteiger partial charge in [0.1, 0.15) is 5.03 Å². The third kappa shape index (κ3) is 3.76. The fourth-order valence-corrected chi connectivity index (χ4v) is 4.59. The van der Waals surface area contributed by atoms with Crippen molar-refractivity contribution in [1.29, 1.82) is 0 Å². The maximum absolute atomic E-state index is 12.9. The van der Waals surface area contributed by atoms with Gasteiger partial charge in [0.05, 0.1) is 0 Å². The van der Waals surface area contributed by atoms with E-state index in [1.165, 1.54) is 16.5 Å². The summed E-state index contributed by atoms with van der Waals surface area (Å²) in [5, 5.41) is 2.19. The Morgan fingerprint density at radius 3 is 2.60 bits per heavy atom. The van der Waals surface area contributed by atoms with Crippen LogP contribution in [0.1, 0.15) is 22.3 Å². The van der Waals surface area contributed by atoms with Crippen LogP contribution in [0.15, 0.2) is 95.1 Å². The van der Waals surface area contributed by atoms with Crippen LogP contribution in [0, 0.1) is 0 Å². The van der Waals surface area contributed by atoms with E-state index in [-0.39, 0.29) is 5.91 Å². The quantitative estimate of drug-likeness (QED) is 0.472. The average molecular weight is 412 g/mol. The molecule has 0 aliphatic carbocycles. The molecule has 0 saturated carbocycles. The van der Waals surface area contributed by atoms with Gasteiger partial charge in [-0.2, -0.15) is 0 Å². The first-order valence-corrected chi connectivity index (χ1v) is 10.8. The smallest absolute Gasteiger partial charge is 0.254 e. The number of rotatable bonds is 4. The molecule has 4 nitrogen and oxygen atoms in total. The Morgan fingerprint density at radius 1 is 1.00 bits per heavy atom. The van der Waals surface area contributed by atoms with E-state index < -0.39 is 0 Å². The Balaban J connectivity index is 1.27. The number of aromatic amines is 1. The van der Waals surface area contributed by atoms with Crippen molar-refractivity contribution >= 4 is 34.1 Å². The molecule has 0 bridgehead atoms. The summed E-state index contributed by atoms with van der Waals surface area (Å²) in [5.41, 5.74) is 4.42. The first-order valence-electron chi connectivity index (χ1n) is 10.0. The zero-order valence-corrected chi connectivity index (χ0v) is 17.2. The fourth-order valence-electron chi connectivity index (χ4n) is 3.81. The first kappa shape index (κ1) is 18.7. The van der Waals surface area contributed by atoms with E-state index in [1.54, 1.807) is 18.0 Å². The third-order valence-corrected chi connectivity index (χ3v) is 6.35. The van der Waals surface area contributed by atoms with Crippen molar-refractivity contribution in [2.24, 2.45) is 0 Å². The zero-order valence-electron chi connectivity index (χ0n) is 16.4. The number of carbonyl (C=O) groups excluding carboxylic acids is 1. The summed E-state index contributed by atoms with van der Waals surface area (Å²) >= 11 is 1.59. The molecule has 2 aromatic carbocycles. The molecule has 0 atom stereocenters. The van der Waals surface area contributed by atoms with Crippen LogP contribution in [-0.2, 0) is 0 Å². The predicted molar refractivity (Wildman–Crippen MR) is 122 cm³/mol. The minimum Gasteiger partial charge on any atom is -0.361 e. The van der Waals surface area contributed by atoms with Crippen molar-refractivity contribution < 1.29 is 4.79 Å². The molecule has 3 heterocycles. The lowest BCUT2D eigenvalue weighted by atomic mass is 9.98. The number of pyridine rings is 1. The second-order valence-electron chi connectivity index (χ2n) is 7.27. The molecule has 0 saturated heterocycles. The van der Waals surface area contributed by atoms with Gasteiger partial charge in [-0.05, 0) is 54.5 Å². The van der Waals surface area contributed by atoms with Crippen LogP contribution >= 0.6 is 11.8 Å². The highest BCUT2D eigenvalue weighted by atomic mass is 32.2. The van der Waals surface area contributed by atoms with E-state index in [0.717, 1.165) is 34.0 Å². The van der Waals surface area contributed by atoms with Crippen LogP contribution in [0.4, 0.5) is 0 Å². The van der Waals surface area contributed by atoms with E-state index in [4.69, 9.17) is 0 Å². The molecular formula is C25H21N3OS. The maximum Gasteiger partial charge on any atom is 0.254 e. The standard InChI is InChI=1S/C25H21N3OS/c29-25(19-8-10-20(11-9-19)30-24-7-3-4-14-26-24)28-15-12-18(13-16-28)22-17-27-23-6-2-1-5-21(22)23/h1-12,14,17,27H,13,15-16H2. The third-order valence-electron chi connectivity index (χ3n) is 5.39. The van der Waals surface area contributed by atoms with Crippen molar-refractivity contribution in [3.8, 4) is 0 Å². The molecule has 4 aromatic rings. The predicted octanol–water partition coefficient (Wildman–Crippen LogP) is 5.64. The second-order valence-corrected chi connectivity index (χ2v) is 8.37. The Kier molecular flexibility index (Phi) is 5.11. The SMILES string of the molecule is O=C(c1ccc(Sc2ccccn2)cc1)N1CC=C(c2c[nH]c3ccccc23)CC1. The van der Waals surface area contributed by atoms with Gasteiger partial charge in [-0.25, -0.2) is 4.98 Å². The topological polar surface area (TPSA) is 49.0 Å². The van der Waals surface area contributed by atoms with Crippen LogP contribution in [0.2, 0.25) is 0 Å². The van der Waals surface area contributed by atoms with Gasteiger partial charge >= 0.3 is 0 Å². The van der Waals surface area contributed by atoms with E-state index in [1.807, 2.05) is 53.4 Å². The molecule has 1 aliphatic rings. The van der Waals surface area contributed by atoms with Crippen molar-refractivity contribution in [3.63, 3.8) is 0 Å². The monoisotopic (exact) mass is 411 g/mol. The Bertz CT molecular complexity index is 1210.